The first kappa shape index (κ1) is 19.0. The maximum Gasteiger partial charge on any atom is 0.253 e. The van der Waals surface area contributed by atoms with E-state index in [0.29, 0.717) is 20.4 Å². The van der Waals surface area contributed by atoms with E-state index in [2.05, 4.69) is 11.6 Å². The summed E-state index contributed by atoms with van der Waals surface area (Å²) < 4.78 is 26.2. The molecule has 2 heterocycles. The Hall–Kier alpha value is -1.78. The summed E-state index contributed by atoms with van der Waals surface area (Å²) in [7, 11) is -3.80. The van der Waals surface area contributed by atoms with Crippen LogP contribution in [0.25, 0.3) is 10.2 Å². The van der Waals surface area contributed by atoms with Gasteiger partial charge in [-0.2, -0.15) is 4.99 Å². The summed E-state index contributed by atoms with van der Waals surface area (Å²) in [5, 5.41) is 5.19. The molecule has 0 aliphatic heterocycles. The number of hydrogen-bond donors (Lipinski definition) is 1. The number of nitrogens with zero attached hydrogens (tertiary/aromatic N) is 2. The van der Waals surface area contributed by atoms with Crippen LogP contribution in [0.15, 0.2) is 52.9 Å². The summed E-state index contributed by atoms with van der Waals surface area (Å²) in [4.78, 5) is 17.8. The molecule has 10 heteroatoms. The molecule has 0 unspecified atom stereocenters. The second-order valence-electron chi connectivity index (χ2n) is 5.35. The third-order valence-corrected chi connectivity index (χ3v) is 6.65. The quantitative estimate of drug-likeness (QED) is 0.634. The number of rotatable bonds is 5. The number of nitrogens with two attached hydrogens (primary N) is 1. The van der Waals surface area contributed by atoms with Crippen molar-refractivity contribution in [2.45, 2.75) is 17.9 Å². The Morgan fingerprint density at radius 1 is 1.31 bits per heavy atom. The first-order chi connectivity index (χ1) is 12.3. The number of fused-ring (bicyclic) bond motifs is 1. The first-order valence-electron chi connectivity index (χ1n) is 7.37. The molecule has 1 aromatic carbocycles. The molecule has 2 N–H and O–H groups in total. The standard InChI is InChI=1S/C16H14ClN3O3S3/c1-2-7-20-12-5-4-11(26(18,22)23)9-13(12)25-16(20)19-15(21)8-10-3-6-14(17)24-10/h2-6,9H,1,7-8H2,(H2,18,22,23). The molecule has 1 amide bonds. The molecule has 3 aromatic rings. The van der Waals surface area contributed by atoms with E-state index in [9.17, 15) is 13.2 Å². The van der Waals surface area contributed by atoms with Gasteiger partial charge in [0.1, 0.15) is 0 Å². The minimum absolute atomic E-state index is 0.0168. The normalized spacial score (nSPS) is 12.6. The maximum absolute atomic E-state index is 12.3. The highest BCUT2D eigenvalue weighted by Gasteiger charge is 2.13. The molecule has 0 saturated carbocycles. The highest BCUT2D eigenvalue weighted by molar-refractivity contribution is 7.89. The molecule has 0 spiro atoms. The molecule has 2 aromatic heterocycles. The topological polar surface area (TPSA) is 94.5 Å². The van der Waals surface area contributed by atoms with Crippen LogP contribution in [0, 0.1) is 0 Å². The summed E-state index contributed by atoms with van der Waals surface area (Å²) in [6, 6.07) is 8.10. The van der Waals surface area contributed by atoms with Crippen LogP contribution >= 0.6 is 34.3 Å². The summed E-state index contributed by atoms with van der Waals surface area (Å²) in [6.07, 6.45) is 1.84. The minimum Gasteiger partial charge on any atom is -0.313 e. The monoisotopic (exact) mass is 427 g/mol. The van der Waals surface area contributed by atoms with Gasteiger partial charge in [0.2, 0.25) is 10.0 Å². The lowest BCUT2D eigenvalue weighted by molar-refractivity contribution is -0.117. The van der Waals surface area contributed by atoms with Gasteiger partial charge in [0.05, 0.1) is 25.9 Å². The molecule has 136 valence electrons. The van der Waals surface area contributed by atoms with Crippen LogP contribution in [-0.4, -0.2) is 18.9 Å². The van der Waals surface area contributed by atoms with Crippen molar-refractivity contribution in [3.05, 3.63) is 57.0 Å². The summed E-state index contributed by atoms with van der Waals surface area (Å²) >= 11 is 8.44. The summed E-state index contributed by atoms with van der Waals surface area (Å²) in [5.41, 5.74) is 0.757. The van der Waals surface area contributed by atoms with Crippen molar-refractivity contribution in [2.24, 2.45) is 10.1 Å². The number of carbonyl (C=O) groups excluding carboxylic acids is 1. The molecule has 0 fully saturated rings. The number of thiophene rings is 1. The van der Waals surface area contributed by atoms with Crippen LogP contribution < -0.4 is 9.94 Å². The molecule has 0 bridgehead atoms. The fourth-order valence-electron chi connectivity index (χ4n) is 2.36. The van der Waals surface area contributed by atoms with Gasteiger partial charge in [-0.1, -0.05) is 29.0 Å². The van der Waals surface area contributed by atoms with Gasteiger partial charge in [0.25, 0.3) is 5.91 Å². The van der Waals surface area contributed by atoms with Crippen molar-refractivity contribution < 1.29 is 13.2 Å². The number of primary sulfonamides is 1. The van der Waals surface area contributed by atoms with Crippen LogP contribution in [0.2, 0.25) is 4.34 Å². The second kappa shape index (κ2) is 7.45. The fourth-order valence-corrected chi connectivity index (χ4v) is 5.15. The highest BCUT2D eigenvalue weighted by Crippen LogP contribution is 2.23. The third-order valence-electron chi connectivity index (χ3n) is 3.47. The van der Waals surface area contributed by atoms with Crippen LogP contribution in [-0.2, 0) is 27.8 Å². The fraction of sp³-hybridized carbons (Fsp3) is 0.125. The lowest BCUT2D eigenvalue weighted by atomic mass is 10.3. The molecule has 0 aliphatic rings. The van der Waals surface area contributed by atoms with E-state index < -0.39 is 10.0 Å². The number of carbonyl (C=O) groups is 1. The minimum atomic E-state index is -3.80. The number of allylic oxidation sites excluding steroid dienone is 1. The van der Waals surface area contributed by atoms with Gasteiger partial charge in [-0.25, -0.2) is 13.6 Å². The number of halogens is 1. The van der Waals surface area contributed by atoms with E-state index >= 15 is 0 Å². The number of hydrogen-bond acceptors (Lipinski definition) is 5. The van der Waals surface area contributed by atoms with Gasteiger partial charge < -0.3 is 4.57 Å². The van der Waals surface area contributed by atoms with Gasteiger partial charge in [-0.15, -0.1) is 17.9 Å². The van der Waals surface area contributed by atoms with Gasteiger partial charge in [-0.3, -0.25) is 4.79 Å². The zero-order valence-electron chi connectivity index (χ0n) is 13.4. The lowest BCUT2D eigenvalue weighted by Gasteiger charge is -2.02. The molecule has 0 atom stereocenters. The number of aromatic nitrogens is 1. The Kier molecular flexibility index (Phi) is 5.44. The second-order valence-corrected chi connectivity index (χ2v) is 9.72. The molecule has 3 rings (SSSR count). The predicted octanol–water partition coefficient (Wildman–Crippen LogP) is 2.92. The molecule has 0 aliphatic carbocycles. The zero-order valence-corrected chi connectivity index (χ0v) is 16.6. The lowest BCUT2D eigenvalue weighted by Crippen LogP contribution is -2.16. The largest absolute Gasteiger partial charge is 0.313 e. The maximum atomic E-state index is 12.3. The smallest absolute Gasteiger partial charge is 0.253 e. The third kappa shape index (κ3) is 4.13. The Labute approximate surface area is 162 Å². The van der Waals surface area contributed by atoms with Crippen LogP contribution in [0.1, 0.15) is 4.88 Å². The Morgan fingerprint density at radius 3 is 2.69 bits per heavy atom. The number of benzene rings is 1. The van der Waals surface area contributed by atoms with E-state index in [1.54, 1.807) is 28.8 Å². The SMILES string of the molecule is C=CCn1c(=NC(=O)Cc2ccc(Cl)s2)sc2cc(S(N)(=O)=O)ccc21. The van der Waals surface area contributed by atoms with Crippen molar-refractivity contribution >= 4 is 60.4 Å². The van der Waals surface area contributed by atoms with Crippen molar-refractivity contribution in [1.29, 1.82) is 0 Å². The van der Waals surface area contributed by atoms with Crippen LogP contribution in [0.3, 0.4) is 0 Å². The predicted molar refractivity (Wildman–Crippen MR) is 105 cm³/mol. The van der Waals surface area contributed by atoms with E-state index in [-0.39, 0.29) is 17.2 Å². The number of amides is 1. The van der Waals surface area contributed by atoms with Gasteiger partial charge >= 0.3 is 0 Å². The first-order valence-corrected chi connectivity index (χ1v) is 10.9. The zero-order chi connectivity index (χ0) is 18.9. The average molecular weight is 428 g/mol. The molecule has 26 heavy (non-hydrogen) atoms. The molecule has 0 saturated heterocycles. The van der Waals surface area contributed by atoms with Crippen molar-refractivity contribution in [3.8, 4) is 0 Å². The molecular formula is C16H14ClN3O3S3. The van der Waals surface area contributed by atoms with Gasteiger partial charge in [-0.05, 0) is 30.3 Å². The van der Waals surface area contributed by atoms with E-state index in [0.717, 1.165) is 10.4 Å². The number of thiazole rings is 1. The van der Waals surface area contributed by atoms with Crippen LogP contribution in [0.5, 0.6) is 0 Å². The van der Waals surface area contributed by atoms with E-state index in [1.807, 2.05) is 0 Å². The van der Waals surface area contributed by atoms with Crippen molar-refractivity contribution in [3.63, 3.8) is 0 Å². The summed E-state index contributed by atoms with van der Waals surface area (Å²) in [6.45, 7) is 4.15. The highest BCUT2D eigenvalue weighted by atomic mass is 35.5. The number of sulfonamides is 1. The summed E-state index contributed by atoms with van der Waals surface area (Å²) in [5.74, 6) is -0.306. The van der Waals surface area contributed by atoms with Gasteiger partial charge in [0, 0.05) is 11.4 Å². The average Bonchev–Trinajstić information content (AvgIpc) is 3.10. The van der Waals surface area contributed by atoms with Gasteiger partial charge in [0.15, 0.2) is 4.80 Å². The van der Waals surface area contributed by atoms with Crippen molar-refractivity contribution in [2.75, 3.05) is 0 Å². The Balaban J connectivity index is 2.07. The Bertz CT molecular complexity index is 1170. The molecular weight excluding hydrogens is 414 g/mol. The van der Waals surface area contributed by atoms with Crippen molar-refractivity contribution in [1.82, 2.24) is 4.57 Å². The van der Waals surface area contributed by atoms with E-state index in [1.165, 1.54) is 34.8 Å². The molecule has 0 radical (unpaired) electrons. The van der Waals surface area contributed by atoms with E-state index in [4.69, 9.17) is 16.7 Å². The molecule has 6 nitrogen and oxygen atoms in total. The Morgan fingerprint density at radius 2 is 2.08 bits per heavy atom. The van der Waals surface area contributed by atoms with Crippen LogP contribution in [0.4, 0.5) is 0 Å².